The first-order valence-corrected chi connectivity index (χ1v) is 13.1. The van der Waals surface area contributed by atoms with E-state index >= 15 is 0 Å². The molecule has 1 saturated carbocycles. The molecule has 0 unspecified atom stereocenters. The van der Waals surface area contributed by atoms with Crippen molar-refractivity contribution in [2.45, 2.75) is 83.2 Å². The third-order valence-electron chi connectivity index (χ3n) is 6.88. The average Bonchev–Trinajstić information content (AvgIpc) is 2.88. The number of benzene rings is 2. The van der Waals surface area contributed by atoms with Gasteiger partial charge >= 0.3 is 6.18 Å². The number of para-hydroxylation sites is 1. The maximum atomic E-state index is 13.8. The molecule has 2 aromatic carbocycles. The smallest absolute Gasteiger partial charge is 0.339 e. The Kier molecular flexibility index (Phi) is 8.83. The van der Waals surface area contributed by atoms with E-state index in [2.05, 4.69) is 27.5 Å². The molecule has 0 bridgehead atoms. The lowest BCUT2D eigenvalue weighted by Gasteiger charge is -2.25. The minimum Gasteiger partial charge on any atom is -0.339 e. The van der Waals surface area contributed by atoms with E-state index in [-0.39, 0.29) is 11.8 Å². The van der Waals surface area contributed by atoms with Crippen LogP contribution in [-0.2, 0) is 12.6 Å². The highest BCUT2D eigenvalue weighted by molar-refractivity contribution is 5.66. The van der Waals surface area contributed by atoms with Crippen molar-refractivity contribution in [3.63, 3.8) is 0 Å². The Morgan fingerprint density at radius 2 is 1.64 bits per heavy atom. The molecule has 1 heterocycles. The van der Waals surface area contributed by atoms with Crippen molar-refractivity contribution in [2.24, 2.45) is 0 Å². The van der Waals surface area contributed by atoms with Gasteiger partial charge in [-0.15, -0.1) is 0 Å². The second-order valence-corrected chi connectivity index (χ2v) is 9.63. The fraction of sp³-hybridized carbons (Fsp3) is 0.448. The number of nitrogens with one attached hydrogen (secondary N) is 2. The normalized spacial score (nSPS) is 14.6. The third-order valence-corrected chi connectivity index (χ3v) is 6.88. The lowest BCUT2D eigenvalue weighted by Crippen LogP contribution is -2.14. The van der Waals surface area contributed by atoms with E-state index in [1.54, 1.807) is 0 Å². The number of hydrogen-bond acceptors (Lipinski definition) is 4. The van der Waals surface area contributed by atoms with Gasteiger partial charge in [0, 0.05) is 17.6 Å². The van der Waals surface area contributed by atoms with E-state index in [4.69, 9.17) is 0 Å². The SMILES string of the molecule is CCCCCCc1ccc(Nc2ncc(C(F)(F)F)c(Nc3ccccc3C3CCCCC3)n2)cc1. The van der Waals surface area contributed by atoms with Crippen molar-refractivity contribution in [1.82, 2.24) is 9.97 Å². The summed E-state index contributed by atoms with van der Waals surface area (Å²) in [6.07, 6.45) is 7.73. The number of alkyl halides is 3. The Labute approximate surface area is 211 Å². The molecular weight excluding hydrogens is 461 g/mol. The summed E-state index contributed by atoms with van der Waals surface area (Å²) in [4.78, 5) is 8.22. The fourth-order valence-electron chi connectivity index (χ4n) is 4.89. The van der Waals surface area contributed by atoms with Gasteiger partial charge in [0.2, 0.25) is 5.95 Å². The molecule has 1 fully saturated rings. The topological polar surface area (TPSA) is 49.8 Å². The Hall–Kier alpha value is -3.09. The molecule has 1 aromatic heterocycles. The van der Waals surface area contributed by atoms with E-state index in [9.17, 15) is 13.2 Å². The molecule has 0 radical (unpaired) electrons. The zero-order chi connectivity index (χ0) is 25.4. The van der Waals surface area contributed by atoms with Crippen molar-refractivity contribution in [3.05, 3.63) is 71.4 Å². The average molecular weight is 497 g/mol. The molecule has 0 amide bonds. The maximum absolute atomic E-state index is 13.8. The molecule has 1 aliphatic carbocycles. The summed E-state index contributed by atoms with van der Waals surface area (Å²) in [6.45, 7) is 2.19. The summed E-state index contributed by atoms with van der Waals surface area (Å²) < 4.78 is 41.5. The van der Waals surface area contributed by atoms with Crippen molar-refractivity contribution < 1.29 is 13.2 Å². The highest BCUT2D eigenvalue weighted by Crippen LogP contribution is 2.39. The molecule has 36 heavy (non-hydrogen) atoms. The number of unbranched alkanes of at least 4 members (excludes halogenated alkanes) is 3. The predicted molar refractivity (Wildman–Crippen MR) is 140 cm³/mol. The molecule has 192 valence electrons. The molecule has 4 nitrogen and oxygen atoms in total. The number of anilines is 4. The molecule has 0 spiro atoms. The number of aromatic nitrogens is 2. The van der Waals surface area contributed by atoms with Gasteiger partial charge in [0.05, 0.1) is 0 Å². The molecular formula is C29H35F3N4. The van der Waals surface area contributed by atoms with Gasteiger partial charge in [-0.25, -0.2) is 4.98 Å². The molecule has 3 aromatic rings. The van der Waals surface area contributed by atoms with Gasteiger partial charge in [-0.1, -0.05) is 75.8 Å². The van der Waals surface area contributed by atoms with Crippen LogP contribution in [0.2, 0.25) is 0 Å². The van der Waals surface area contributed by atoms with E-state index < -0.39 is 11.7 Å². The number of halogens is 3. The van der Waals surface area contributed by atoms with Crippen LogP contribution < -0.4 is 10.6 Å². The second-order valence-electron chi connectivity index (χ2n) is 9.63. The van der Waals surface area contributed by atoms with Gasteiger partial charge in [-0.3, -0.25) is 0 Å². The van der Waals surface area contributed by atoms with Crippen LogP contribution >= 0.6 is 0 Å². The molecule has 0 saturated heterocycles. The first kappa shape index (κ1) is 26.0. The van der Waals surface area contributed by atoms with Crippen LogP contribution in [0.25, 0.3) is 0 Å². The predicted octanol–water partition coefficient (Wildman–Crippen LogP) is 9.15. The van der Waals surface area contributed by atoms with Crippen LogP contribution in [0, 0.1) is 0 Å². The molecule has 4 rings (SSSR count). The monoisotopic (exact) mass is 496 g/mol. The van der Waals surface area contributed by atoms with Crippen molar-refractivity contribution in [2.75, 3.05) is 10.6 Å². The molecule has 2 N–H and O–H groups in total. The standard InChI is InChI=1S/C29H35F3N4/c1-2-3-4-6-11-21-16-18-23(19-17-21)34-28-33-20-25(29(30,31)32)27(36-28)35-26-15-10-9-14-24(26)22-12-7-5-8-13-22/h9-10,14-20,22H,2-8,11-13H2,1H3,(H2,33,34,35,36). The van der Waals surface area contributed by atoms with Gasteiger partial charge in [-0.2, -0.15) is 18.2 Å². The number of rotatable bonds is 10. The van der Waals surface area contributed by atoms with Gasteiger partial charge in [0.1, 0.15) is 11.4 Å². The summed E-state index contributed by atoms with van der Waals surface area (Å²) in [5.41, 5.74) is 2.82. The molecule has 1 aliphatic rings. The molecule has 0 atom stereocenters. The Bertz CT molecular complexity index is 1110. The summed E-state index contributed by atoms with van der Waals surface area (Å²) in [7, 11) is 0. The van der Waals surface area contributed by atoms with Gasteiger partial charge < -0.3 is 10.6 Å². The van der Waals surface area contributed by atoms with Crippen molar-refractivity contribution in [1.29, 1.82) is 0 Å². The van der Waals surface area contributed by atoms with Crippen LogP contribution in [0.4, 0.5) is 36.3 Å². The summed E-state index contributed by atoms with van der Waals surface area (Å²) >= 11 is 0. The van der Waals surface area contributed by atoms with Crippen molar-refractivity contribution in [3.8, 4) is 0 Å². The lowest BCUT2D eigenvalue weighted by atomic mass is 9.83. The number of nitrogens with zero attached hydrogens (tertiary/aromatic N) is 2. The fourth-order valence-corrected chi connectivity index (χ4v) is 4.89. The van der Waals surface area contributed by atoms with E-state index in [0.29, 0.717) is 11.6 Å². The molecule has 7 heteroatoms. The maximum Gasteiger partial charge on any atom is 0.421 e. The Morgan fingerprint density at radius 1 is 0.889 bits per heavy atom. The van der Waals surface area contributed by atoms with Crippen LogP contribution in [0.1, 0.15) is 87.3 Å². The first-order chi connectivity index (χ1) is 17.4. The third kappa shape index (κ3) is 6.99. The van der Waals surface area contributed by atoms with Crippen LogP contribution in [0.3, 0.4) is 0 Å². The zero-order valence-electron chi connectivity index (χ0n) is 20.9. The zero-order valence-corrected chi connectivity index (χ0v) is 20.9. The van der Waals surface area contributed by atoms with Crippen molar-refractivity contribution >= 4 is 23.1 Å². The Morgan fingerprint density at radius 3 is 2.36 bits per heavy atom. The largest absolute Gasteiger partial charge is 0.421 e. The van der Waals surface area contributed by atoms with Crippen LogP contribution in [-0.4, -0.2) is 9.97 Å². The first-order valence-electron chi connectivity index (χ1n) is 13.1. The van der Waals surface area contributed by atoms with Gasteiger partial charge in [-0.05, 0) is 60.9 Å². The second kappa shape index (κ2) is 12.2. The number of hydrogen-bond donors (Lipinski definition) is 2. The van der Waals surface area contributed by atoms with E-state index in [0.717, 1.165) is 56.0 Å². The highest BCUT2D eigenvalue weighted by Gasteiger charge is 2.35. The van der Waals surface area contributed by atoms with E-state index in [1.807, 2.05) is 48.5 Å². The minimum atomic E-state index is -4.57. The summed E-state index contributed by atoms with van der Waals surface area (Å²) in [5, 5.41) is 6.06. The van der Waals surface area contributed by atoms with E-state index in [1.165, 1.54) is 31.2 Å². The lowest BCUT2D eigenvalue weighted by molar-refractivity contribution is -0.137. The van der Waals surface area contributed by atoms with Crippen LogP contribution in [0.5, 0.6) is 0 Å². The summed E-state index contributed by atoms with van der Waals surface area (Å²) in [6, 6.07) is 15.5. The quantitative estimate of drug-likeness (QED) is 0.275. The molecule has 0 aliphatic heterocycles. The van der Waals surface area contributed by atoms with Gasteiger partial charge in [0.25, 0.3) is 0 Å². The summed E-state index contributed by atoms with van der Waals surface area (Å²) in [5.74, 6) is 0.226. The minimum absolute atomic E-state index is 0.122. The Balaban J connectivity index is 1.53. The number of aryl methyl sites for hydroxylation is 1. The van der Waals surface area contributed by atoms with Gasteiger partial charge in [0.15, 0.2) is 0 Å². The van der Waals surface area contributed by atoms with Crippen LogP contribution in [0.15, 0.2) is 54.7 Å². The highest BCUT2D eigenvalue weighted by atomic mass is 19.4.